The van der Waals surface area contributed by atoms with Crippen LogP contribution in [0.5, 0.6) is 0 Å². The molecule has 1 N–H and O–H groups in total. The van der Waals surface area contributed by atoms with E-state index in [0.29, 0.717) is 6.04 Å². The van der Waals surface area contributed by atoms with Gasteiger partial charge in [-0.15, -0.1) is 0 Å². The predicted molar refractivity (Wildman–Crippen MR) is 80.3 cm³/mol. The van der Waals surface area contributed by atoms with Gasteiger partial charge in [0.1, 0.15) is 0 Å². The van der Waals surface area contributed by atoms with Gasteiger partial charge in [-0.2, -0.15) is 0 Å². The first-order valence-electron chi connectivity index (χ1n) is 7.68. The van der Waals surface area contributed by atoms with Gasteiger partial charge >= 0.3 is 0 Å². The molecule has 1 saturated heterocycles. The van der Waals surface area contributed by atoms with E-state index in [1.807, 2.05) is 0 Å². The lowest BCUT2D eigenvalue weighted by Crippen LogP contribution is -2.29. The number of aliphatic hydroxyl groups excluding tert-OH is 1. The van der Waals surface area contributed by atoms with Crippen LogP contribution in [0.3, 0.4) is 0 Å². The zero-order valence-electron chi connectivity index (χ0n) is 12.1. The molecule has 1 heterocycles. The van der Waals surface area contributed by atoms with Crippen molar-refractivity contribution in [2.24, 2.45) is 0 Å². The third kappa shape index (κ3) is 4.96. The van der Waals surface area contributed by atoms with Crippen molar-refractivity contribution in [3.05, 3.63) is 35.9 Å². The summed E-state index contributed by atoms with van der Waals surface area (Å²) in [5.74, 6) is 0. The molecule has 0 bridgehead atoms. The normalized spacial score (nSPS) is 21.7. The lowest BCUT2D eigenvalue weighted by molar-refractivity contribution is 0.118. The number of hydrogen-bond acceptors (Lipinski definition) is 2. The van der Waals surface area contributed by atoms with E-state index in [1.165, 1.54) is 31.4 Å². The molecule has 2 nitrogen and oxygen atoms in total. The Labute approximate surface area is 117 Å². The first kappa shape index (κ1) is 14.5. The number of aliphatic hydroxyl groups is 1. The highest BCUT2D eigenvalue weighted by molar-refractivity contribution is 5.14. The molecule has 19 heavy (non-hydrogen) atoms. The van der Waals surface area contributed by atoms with Gasteiger partial charge in [0, 0.05) is 6.04 Å². The Balaban J connectivity index is 1.57. The van der Waals surface area contributed by atoms with E-state index in [9.17, 15) is 5.11 Å². The Bertz CT molecular complexity index is 352. The summed E-state index contributed by atoms with van der Waals surface area (Å²) in [6.07, 6.45) is 7.81. The second-order valence-corrected chi connectivity index (χ2v) is 5.90. The standard InChI is InChI=1S/C17H27NO/c1-18-13-7-11-16(18)14-17(19)12-6-5-10-15-8-3-2-4-9-15/h2-4,8-9,16-17,19H,5-7,10-14H2,1H3/t16-,17-/m1/s1. The summed E-state index contributed by atoms with van der Waals surface area (Å²) in [4.78, 5) is 2.40. The van der Waals surface area contributed by atoms with Crippen LogP contribution >= 0.6 is 0 Å². The molecule has 1 aromatic rings. The molecule has 0 radical (unpaired) electrons. The minimum Gasteiger partial charge on any atom is -0.393 e. The van der Waals surface area contributed by atoms with Gasteiger partial charge in [-0.3, -0.25) is 0 Å². The van der Waals surface area contributed by atoms with Gasteiger partial charge < -0.3 is 10.0 Å². The summed E-state index contributed by atoms with van der Waals surface area (Å²) < 4.78 is 0. The molecule has 2 atom stereocenters. The fourth-order valence-electron chi connectivity index (χ4n) is 3.06. The molecule has 2 rings (SSSR count). The number of rotatable bonds is 7. The first-order valence-corrected chi connectivity index (χ1v) is 7.68. The molecular formula is C17H27NO. The summed E-state index contributed by atoms with van der Waals surface area (Å²) in [7, 11) is 2.18. The highest BCUT2D eigenvalue weighted by Gasteiger charge is 2.23. The third-order valence-electron chi connectivity index (χ3n) is 4.31. The molecule has 0 aliphatic carbocycles. The first-order chi connectivity index (χ1) is 9.25. The Hall–Kier alpha value is -0.860. The zero-order chi connectivity index (χ0) is 13.5. The molecule has 1 aliphatic heterocycles. The van der Waals surface area contributed by atoms with Crippen LogP contribution in [0.2, 0.25) is 0 Å². The van der Waals surface area contributed by atoms with E-state index in [-0.39, 0.29) is 6.10 Å². The van der Waals surface area contributed by atoms with Crippen LogP contribution in [-0.4, -0.2) is 35.7 Å². The van der Waals surface area contributed by atoms with E-state index in [1.54, 1.807) is 0 Å². The van der Waals surface area contributed by atoms with Gasteiger partial charge in [-0.1, -0.05) is 36.8 Å². The molecule has 1 aromatic carbocycles. The lowest BCUT2D eigenvalue weighted by atomic mass is 10.0. The topological polar surface area (TPSA) is 23.5 Å². The summed E-state index contributed by atoms with van der Waals surface area (Å²) in [5, 5.41) is 10.1. The van der Waals surface area contributed by atoms with E-state index in [0.717, 1.165) is 25.7 Å². The number of hydrogen-bond donors (Lipinski definition) is 1. The van der Waals surface area contributed by atoms with Gasteiger partial charge in [0.2, 0.25) is 0 Å². The van der Waals surface area contributed by atoms with Crippen molar-refractivity contribution in [2.75, 3.05) is 13.6 Å². The maximum atomic E-state index is 10.1. The van der Waals surface area contributed by atoms with Crippen LogP contribution in [-0.2, 0) is 6.42 Å². The van der Waals surface area contributed by atoms with Crippen LogP contribution in [0.4, 0.5) is 0 Å². The van der Waals surface area contributed by atoms with Crippen molar-refractivity contribution >= 4 is 0 Å². The maximum absolute atomic E-state index is 10.1. The molecule has 0 saturated carbocycles. The monoisotopic (exact) mass is 261 g/mol. The second-order valence-electron chi connectivity index (χ2n) is 5.90. The van der Waals surface area contributed by atoms with Crippen molar-refractivity contribution in [3.63, 3.8) is 0 Å². The molecule has 0 spiro atoms. The third-order valence-corrected chi connectivity index (χ3v) is 4.31. The minimum atomic E-state index is -0.110. The van der Waals surface area contributed by atoms with Gasteiger partial charge in [0.15, 0.2) is 0 Å². The molecule has 1 fully saturated rings. The van der Waals surface area contributed by atoms with Crippen molar-refractivity contribution in [3.8, 4) is 0 Å². The van der Waals surface area contributed by atoms with Gasteiger partial charge in [0.05, 0.1) is 6.10 Å². The fourth-order valence-corrected chi connectivity index (χ4v) is 3.06. The van der Waals surface area contributed by atoms with Crippen LogP contribution in [0.15, 0.2) is 30.3 Å². The molecule has 0 amide bonds. The molecule has 0 unspecified atom stereocenters. The number of benzene rings is 1. The van der Waals surface area contributed by atoms with Crippen molar-refractivity contribution < 1.29 is 5.11 Å². The SMILES string of the molecule is CN1CCC[C@@H]1C[C@H](O)CCCCc1ccccc1. The Morgan fingerprint density at radius 1 is 1.26 bits per heavy atom. The molecule has 0 aromatic heterocycles. The van der Waals surface area contributed by atoms with E-state index in [2.05, 4.69) is 42.3 Å². The lowest BCUT2D eigenvalue weighted by Gasteiger charge is -2.22. The van der Waals surface area contributed by atoms with Crippen LogP contribution in [0.25, 0.3) is 0 Å². The van der Waals surface area contributed by atoms with E-state index >= 15 is 0 Å². The van der Waals surface area contributed by atoms with Crippen LogP contribution < -0.4 is 0 Å². The zero-order valence-corrected chi connectivity index (χ0v) is 12.1. The highest BCUT2D eigenvalue weighted by atomic mass is 16.3. The quantitative estimate of drug-likeness (QED) is 0.762. The van der Waals surface area contributed by atoms with Gasteiger partial charge in [0.25, 0.3) is 0 Å². The fraction of sp³-hybridized carbons (Fsp3) is 0.647. The van der Waals surface area contributed by atoms with Gasteiger partial charge in [-0.05, 0) is 57.7 Å². The van der Waals surface area contributed by atoms with Crippen molar-refractivity contribution in [1.82, 2.24) is 4.90 Å². The predicted octanol–water partition coefficient (Wildman–Crippen LogP) is 3.24. The Kier molecular flexibility index (Phi) is 5.87. The van der Waals surface area contributed by atoms with Crippen LogP contribution in [0.1, 0.15) is 44.1 Å². The Morgan fingerprint density at radius 3 is 2.74 bits per heavy atom. The van der Waals surface area contributed by atoms with E-state index < -0.39 is 0 Å². The molecule has 1 aliphatic rings. The largest absolute Gasteiger partial charge is 0.393 e. The highest BCUT2D eigenvalue weighted by Crippen LogP contribution is 2.21. The molecule has 106 valence electrons. The smallest absolute Gasteiger partial charge is 0.0555 e. The summed E-state index contributed by atoms with van der Waals surface area (Å²) in [6.45, 7) is 1.20. The Morgan fingerprint density at radius 2 is 2.05 bits per heavy atom. The average Bonchev–Trinajstić information content (AvgIpc) is 2.82. The van der Waals surface area contributed by atoms with Crippen LogP contribution in [0, 0.1) is 0 Å². The number of likely N-dealkylation sites (tertiary alicyclic amines) is 1. The van der Waals surface area contributed by atoms with E-state index in [4.69, 9.17) is 0 Å². The van der Waals surface area contributed by atoms with Gasteiger partial charge in [-0.25, -0.2) is 0 Å². The van der Waals surface area contributed by atoms with Crippen molar-refractivity contribution in [1.29, 1.82) is 0 Å². The number of unbranched alkanes of at least 4 members (excludes halogenated alkanes) is 1. The summed E-state index contributed by atoms with van der Waals surface area (Å²) in [5.41, 5.74) is 1.41. The second kappa shape index (κ2) is 7.66. The minimum absolute atomic E-state index is 0.110. The average molecular weight is 261 g/mol. The summed E-state index contributed by atoms with van der Waals surface area (Å²) in [6, 6.07) is 11.2. The summed E-state index contributed by atoms with van der Waals surface area (Å²) >= 11 is 0. The number of nitrogens with zero attached hydrogens (tertiary/aromatic N) is 1. The molecule has 2 heteroatoms. The molecular weight excluding hydrogens is 234 g/mol. The van der Waals surface area contributed by atoms with Crippen molar-refractivity contribution in [2.45, 2.75) is 57.1 Å². The number of aryl methyl sites for hydroxylation is 1. The maximum Gasteiger partial charge on any atom is 0.0555 e.